The van der Waals surface area contributed by atoms with Gasteiger partial charge in [-0.15, -0.1) is 0 Å². The summed E-state index contributed by atoms with van der Waals surface area (Å²) in [6, 6.07) is 0. The van der Waals surface area contributed by atoms with Gasteiger partial charge in [0, 0.05) is 30.4 Å². The van der Waals surface area contributed by atoms with E-state index in [1.807, 2.05) is 11.8 Å². The molecule has 0 aromatic carbocycles. The van der Waals surface area contributed by atoms with Crippen LogP contribution < -0.4 is 5.32 Å². The van der Waals surface area contributed by atoms with Gasteiger partial charge in [0.25, 0.3) is 0 Å². The molecule has 0 aromatic rings. The monoisotopic (exact) mass is 242 g/mol. The maximum absolute atomic E-state index is 5.55. The fraction of sp³-hybridized carbons (Fsp3) is 0.917. The number of thioether (sulfide) groups is 1. The number of aliphatic imine (C=N–C) groups is 1. The SMILES string of the molecule is CC1OCCC1CN=C1NC(C)(C)CCS1. The second kappa shape index (κ2) is 4.96. The highest BCUT2D eigenvalue weighted by molar-refractivity contribution is 8.13. The smallest absolute Gasteiger partial charge is 0.156 e. The van der Waals surface area contributed by atoms with Gasteiger partial charge < -0.3 is 10.1 Å². The normalized spacial score (nSPS) is 36.3. The van der Waals surface area contributed by atoms with Crippen molar-refractivity contribution in [3.05, 3.63) is 0 Å². The van der Waals surface area contributed by atoms with Gasteiger partial charge in [0.15, 0.2) is 5.17 Å². The van der Waals surface area contributed by atoms with E-state index >= 15 is 0 Å². The Morgan fingerprint density at radius 3 is 3.00 bits per heavy atom. The van der Waals surface area contributed by atoms with Gasteiger partial charge in [0.2, 0.25) is 0 Å². The minimum Gasteiger partial charge on any atom is -0.378 e. The van der Waals surface area contributed by atoms with Gasteiger partial charge in [-0.2, -0.15) is 0 Å². The quantitative estimate of drug-likeness (QED) is 0.806. The number of nitrogens with one attached hydrogen (secondary N) is 1. The zero-order valence-electron chi connectivity index (χ0n) is 10.5. The second-order valence-corrected chi connectivity index (χ2v) is 6.46. The maximum Gasteiger partial charge on any atom is 0.156 e. The molecule has 92 valence electrons. The van der Waals surface area contributed by atoms with Crippen LogP contribution in [0.15, 0.2) is 4.99 Å². The summed E-state index contributed by atoms with van der Waals surface area (Å²) in [4.78, 5) is 4.70. The second-order valence-electron chi connectivity index (χ2n) is 5.38. The standard InChI is InChI=1S/C12H22N2OS/c1-9-10(4-6-15-9)8-13-11-14-12(2,3)5-7-16-11/h9-10H,4-8H2,1-3H3,(H,13,14). The van der Waals surface area contributed by atoms with E-state index in [-0.39, 0.29) is 5.54 Å². The van der Waals surface area contributed by atoms with Crippen LogP contribution in [0.5, 0.6) is 0 Å². The van der Waals surface area contributed by atoms with E-state index in [9.17, 15) is 0 Å². The van der Waals surface area contributed by atoms with Crippen molar-refractivity contribution in [2.75, 3.05) is 18.9 Å². The zero-order valence-corrected chi connectivity index (χ0v) is 11.3. The summed E-state index contributed by atoms with van der Waals surface area (Å²) in [5.41, 5.74) is 0.210. The molecule has 1 N–H and O–H groups in total. The summed E-state index contributed by atoms with van der Waals surface area (Å²) in [6.45, 7) is 8.45. The molecule has 2 rings (SSSR count). The molecule has 16 heavy (non-hydrogen) atoms. The molecule has 0 saturated carbocycles. The van der Waals surface area contributed by atoms with E-state index in [2.05, 4.69) is 26.1 Å². The van der Waals surface area contributed by atoms with Crippen LogP contribution in [0, 0.1) is 5.92 Å². The molecule has 0 aliphatic carbocycles. The van der Waals surface area contributed by atoms with Crippen molar-refractivity contribution in [1.82, 2.24) is 5.32 Å². The Balaban J connectivity index is 1.87. The molecular formula is C12H22N2OS. The third kappa shape index (κ3) is 3.14. The van der Waals surface area contributed by atoms with Crippen molar-refractivity contribution in [2.24, 2.45) is 10.9 Å². The molecule has 0 radical (unpaired) electrons. The fourth-order valence-corrected chi connectivity index (χ4v) is 3.41. The van der Waals surface area contributed by atoms with E-state index in [1.54, 1.807) is 0 Å². The van der Waals surface area contributed by atoms with E-state index < -0.39 is 0 Å². The fourth-order valence-electron chi connectivity index (χ4n) is 2.09. The molecular weight excluding hydrogens is 220 g/mol. The molecule has 4 heteroatoms. The van der Waals surface area contributed by atoms with Crippen LogP contribution in [0.4, 0.5) is 0 Å². The highest BCUT2D eigenvalue weighted by Gasteiger charge is 2.26. The van der Waals surface area contributed by atoms with Crippen molar-refractivity contribution in [1.29, 1.82) is 0 Å². The lowest BCUT2D eigenvalue weighted by molar-refractivity contribution is 0.107. The molecule has 2 aliphatic rings. The average Bonchev–Trinajstić information content (AvgIpc) is 2.60. The van der Waals surface area contributed by atoms with Gasteiger partial charge in [0.05, 0.1) is 6.10 Å². The minimum atomic E-state index is 0.210. The van der Waals surface area contributed by atoms with E-state index in [0.29, 0.717) is 12.0 Å². The van der Waals surface area contributed by atoms with Crippen molar-refractivity contribution in [3.8, 4) is 0 Å². The lowest BCUT2D eigenvalue weighted by Crippen LogP contribution is -2.46. The predicted octanol–water partition coefficient (Wildman–Crippen LogP) is 2.27. The van der Waals surface area contributed by atoms with Gasteiger partial charge in [-0.3, -0.25) is 4.99 Å². The lowest BCUT2D eigenvalue weighted by atomic mass is 10.0. The van der Waals surface area contributed by atoms with Crippen LogP contribution in [0.25, 0.3) is 0 Å². The summed E-state index contributed by atoms with van der Waals surface area (Å²) in [5.74, 6) is 1.79. The van der Waals surface area contributed by atoms with Gasteiger partial charge >= 0.3 is 0 Å². The molecule has 0 spiro atoms. The first kappa shape index (κ1) is 12.2. The molecule has 2 aliphatic heterocycles. The van der Waals surface area contributed by atoms with Crippen LogP contribution in [-0.2, 0) is 4.74 Å². The first-order chi connectivity index (χ1) is 7.57. The Kier molecular flexibility index (Phi) is 3.80. The zero-order chi connectivity index (χ0) is 11.6. The summed E-state index contributed by atoms with van der Waals surface area (Å²) in [6.07, 6.45) is 2.75. The minimum absolute atomic E-state index is 0.210. The number of amidine groups is 1. The first-order valence-electron chi connectivity index (χ1n) is 6.14. The molecule has 2 heterocycles. The third-order valence-electron chi connectivity index (χ3n) is 3.41. The summed E-state index contributed by atoms with van der Waals surface area (Å²) in [5, 5.41) is 4.62. The molecule has 2 fully saturated rings. The van der Waals surface area contributed by atoms with Crippen molar-refractivity contribution in [2.45, 2.75) is 45.3 Å². The number of rotatable bonds is 2. The number of hydrogen-bond donors (Lipinski definition) is 1. The summed E-state index contributed by atoms with van der Waals surface area (Å²) >= 11 is 1.85. The summed E-state index contributed by atoms with van der Waals surface area (Å²) in [7, 11) is 0. The predicted molar refractivity (Wildman–Crippen MR) is 70.1 cm³/mol. The topological polar surface area (TPSA) is 33.6 Å². The van der Waals surface area contributed by atoms with E-state index in [1.165, 1.54) is 12.2 Å². The molecule has 2 unspecified atom stereocenters. The van der Waals surface area contributed by atoms with Gasteiger partial charge in [-0.25, -0.2) is 0 Å². The Labute approximate surface area is 102 Å². The van der Waals surface area contributed by atoms with Crippen LogP contribution in [-0.4, -0.2) is 35.7 Å². The largest absolute Gasteiger partial charge is 0.378 e. The van der Waals surface area contributed by atoms with Crippen molar-refractivity contribution >= 4 is 16.9 Å². The van der Waals surface area contributed by atoms with Gasteiger partial charge in [-0.1, -0.05) is 11.8 Å². The van der Waals surface area contributed by atoms with Crippen molar-refractivity contribution < 1.29 is 4.74 Å². The Hall–Kier alpha value is -0.220. The average molecular weight is 242 g/mol. The van der Waals surface area contributed by atoms with Crippen LogP contribution in [0.3, 0.4) is 0 Å². The molecule has 0 bridgehead atoms. The van der Waals surface area contributed by atoms with Crippen LogP contribution >= 0.6 is 11.8 Å². The molecule has 3 nitrogen and oxygen atoms in total. The number of ether oxygens (including phenoxy) is 1. The molecule has 0 aromatic heterocycles. The maximum atomic E-state index is 5.55. The highest BCUT2D eigenvalue weighted by Crippen LogP contribution is 2.24. The Morgan fingerprint density at radius 1 is 1.56 bits per heavy atom. The number of nitrogens with zero attached hydrogens (tertiary/aromatic N) is 1. The Morgan fingerprint density at radius 2 is 2.38 bits per heavy atom. The molecule has 0 amide bonds. The van der Waals surface area contributed by atoms with E-state index in [0.717, 1.165) is 24.7 Å². The van der Waals surface area contributed by atoms with Gasteiger partial charge in [0.1, 0.15) is 0 Å². The lowest BCUT2D eigenvalue weighted by Gasteiger charge is -2.32. The molecule has 2 saturated heterocycles. The van der Waals surface area contributed by atoms with Crippen molar-refractivity contribution in [3.63, 3.8) is 0 Å². The van der Waals surface area contributed by atoms with Crippen LogP contribution in [0.2, 0.25) is 0 Å². The first-order valence-corrected chi connectivity index (χ1v) is 7.12. The Bertz CT molecular complexity index is 278. The highest BCUT2D eigenvalue weighted by atomic mass is 32.2. The molecule has 2 atom stereocenters. The third-order valence-corrected chi connectivity index (χ3v) is 4.33. The number of hydrogen-bond acceptors (Lipinski definition) is 3. The van der Waals surface area contributed by atoms with Crippen LogP contribution in [0.1, 0.15) is 33.6 Å². The summed E-state index contributed by atoms with van der Waals surface area (Å²) < 4.78 is 5.55. The van der Waals surface area contributed by atoms with E-state index in [4.69, 9.17) is 9.73 Å². The van der Waals surface area contributed by atoms with Gasteiger partial charge in [-0.05, 0) is 33.6 Å².